The van der Waals surface area contributed by atoms with Gasteiger partial charge < -0.3 is 9.88 Å². The van der Waals surface area contributed by atoms with E-state index in [0.717, 1.165) is 5.56 Å². The summed E-state index contributed by atoms with van der Waals surface area (Å²) in [7, 11) is 0. The summed E-state index contributed by atoms with van der Waals surface area (Å²) in [6, 6.07) is 7.27. The van der Waals surface area contributed by atoms with Gasteiger partial charge in [0.25, 0.3) is 5.56 Å². The molecule has 0 aliphatic carbocycles. The van der Waals surface area contributed by atoms with Crippen LogP contribution in [0.3, 0.4) is 0 Å². The summed E-state index contributed by atoms with van der Waals surface area (Å²) in [6.07, 6.45) is 3.06. The molecule has 0 unspecified atom stereocenters. The van der Waals surface area contributed by atoms with Crippen molar-refractivity contribution in [2.75, 3.05) is 0 Å². The van der Waals surface area contributed by atoms with E-state index in [1.807, 2.05) is 26.0 Å². The van der Waals surface area contributed by atoms with Crippen molar-refractivity contribution in [3.05, 3.63) is 63.3 Å². The summed E-state index contributed by atoms with van der Waals surface area (Å²) in [5.74, 6) is -0.211. The number of halogens is 1. The molecule has 1 aromatic heterocycles. The highest BCUT2D eigenvalue weighted by Gasteiger charge is 2.11. The van der Waals surface area contributed by atoms with Crippen LogP contribution in [0.25, 0.3) is 0 Å². The van der Waals surface area contributed by atoms with E-state index in [1.165, 1.54) is 10.8 Å². The van der Waals surface area contributed by atoms with Crippen molar-refractivity contribution in [3.63, 3.8) is 0 Å². The third-order valence-corrected chi connectivity index (χ3v) is 3.41. The zero-order valence-electron chi connectivity index (χ0n) is 12.5. The van der Waals surface area contributed by atoms with Crippen molar-refractivity contribution in [1.29, 1.82) is 0 Å². The molecule has 1 N–H and O–H groups in total. The van der Waals surface area contributed by atoms with E-state index in [4.69, 9.17) is 11.6 Å². The number of hydrogen-bond acceptors (Lipinski definition) is 3. The molecular formula is C16H18ClN3O2. The maximum Gasteiger partial charge on any atom is 0.272 e. The van der Waals surface area contributed by atoms with Gasteiger partial charge in [0.15, 0.2) is 0 Å². The minimum absolute atomic E-state index is 0.0227. The number of benzene rings is 1. The first-order valence-corrected chi connectivity index (χ1v) is 7.41. The molecule has 1 amide bonds. The Morgan fingerprint density at radius 3 is 2.86 bits per heavy atom. The number of aromatic nitrogens is 2. The van der Waals surface area contributed by atoms with Crippen molar-refractivity contribution < 1.29 is 4.79 Å². The van der Waals surface area contributed by atoms with Gasteiger partial charge in [-0.25, -0.2) is 0 Å². The highest BCUT2D eigenvalue weighted by Crippen LogP contribution is 2.10. The van der Waals surface area contributed by atoms with Crippen molar-refractivity contribution in [2.45, 2.75) is 32.9 Å². The summed E-state index contributed by atoms with van der Waals surface area (Å²) in [5.41, 5.74) is 1.14. The number of carbonyl (C=O) groups excluding carboxylic acids is 1. The van der Waals surface area contributed by atoms with Crippen LogP contribution in [0.2, 0.25) is 5.02 Å². The van der Waals surface area contributed by atoms with E-state index in [2.05, 4.69) is 10.3 Å². The first-order valence-electron chi connectivity index (χ1n) is 7.04. The Hall–Kier alpha value is -2.14. The lowest BCUT2D eigenvalue weighted by atomic mass is 10.1. The second-order valence-electron chi connectivity index (χ2n) is 5.31. The van der Waals surface area contributed by atoms with Gasteiger partial charge in [-0.3, -0.25) is 14.6 Å². The molecule has 5 nitrogen and oxygen atoms in total. The van der Waals surface area contributed by atoms with Crippen LogP contribution in [0.1, 0.15) is 31.0 Å². The number of amides is 1. The lowest BCUT2D eigenvalue weighted by Gasteiger charge is -2.10. The number of nitrogens with one attached hydrogen (secondary N) is 1. The van der Waals surface area contributed by atoms with Crippen molar-refractivity contribution in [2.24, 2.45) is 0 Å². The van der Waals surface area contributed by atoms with E-state index >= 15 is 0 Å². The molecular weight excluding hydrogens is 302 g/mol. The van der Waals surface area contributed by atoms with Gasteiger partial charge in [-0.1, -0.05) is 37.6 Å². The van der Waals surface area contributed by atoms with E-state index in [-0.39, 0.29) is 23.9 Å². The quantitative estimate of drug-likeness (QED) is 0.920. The fourth-order valence-electron chi connectivity index (χ4n) is 2.04. The Labute approximate surface area is 134 Å². The Morgan fingerprint density at radius 2 is 2.18 bits per heavy atom. The Bertz CT molecular complexity index is 725. The SMILES string of the molecule is CC(C)c1nccn(CC(=O)NCc2cccc(Cl)c2)c1=O. The smallest absolute Gasteiger partial charge is 0.272 e. The second kappa shape index (κ2) is 7.22. The van der Waals surface area contributed by atoms with Gasteiger partial charge >= 0.3 is 0 Å². The lowest BCUT2D eigenvalue weighted by Crippen LogP contribution is -2.33. The predicted octanol–water partition coefficient (Wildman–Crippen LogP) is 2.34. The molecule has 22 heavy (non-hydrogen) atoms. The van der Waals surface area contributed by atoms with Crippen LogP contribution in [0.4, 0.5) is 0 Å². The predicted molar refractivity (Wildman–Crippen MR) is 85.9 cm³/mol. The number of carbonyl (C=O) groups is 1. The van der Waals surface area contributed by atoms with Crippen LogP contribution in [0, 0.1) is 0 Å². The van der Waals surface area contributed by atoms with Crippen molar-refractivity contribution in [1.82, 2.24) is 14.9 Å². The molecule has 0 spiro atoms. The third-order valence-electron chi connectivity index (χ3n) is 3.18. The van der Waals surface area contributed by atoms with E-state index < -0.39 is 0 Å². The van der Waals surface area contributed by atoms with E-state index in [1.54, 1.807) is 18.3 Å². The van der Waals surface area contributed by atoms with Crippen LogP contribution < -0.4 is 10.9 Å². The highest BCUT2D eigenvalue weighted by molar-refractivity contribution is 6.30. The number of nitrogens with zero attached hydrogens (tertiary/aromatic N) is 2. The minimum Gasteiger partial charge on any atom is -0.350 e. The molecule has 6 heteroatoms. The molecule has 2 aromatic rings. The highest BCUT2D eigenvalue weighted by atomic mass is 35.5. The van der Waals surface area contributed by atoms with Gasteiger partial charge in [-0.05, 0) is 17.7 Å². The molecule has 0 saturated carbocycles. The van der Waals surface area contributed by atoms with Crippen LogP contribution in [-0.2, 0) is 17.9 Å². The molecule has 0 aliphatic heterocycles. The topological polar surface area (TPSA) is 64.0 Å². The average Bonchev–Trinajstić information content (AvgIpc) is 2.47. The van der Waals surface area contributed by atoms with Gasteiger partial charge in [0.05, 0.1) is 0 Å². The Balaban J connectivity index is 2.01. The van der Waals surface area contributed by atoms with Gasteiger partial charge in [0, 0.05) is 29.9 Å². The Morgan fingerprint density at radius 1 is 1.41 bits per heavy atom. The monoisotopic (exact) mass is 319 g/mol. The molecule has 2 rings (SSSR count). The fourth-order valence-corrected chi connectivity index (χ4v) is 2.26. The summed E-state index contributed by atoms with van der Waals surface area (Å²) in [5, 5.41) is 3.40. The zero-order chi connectivity index (χ0) is 16.1. The molecule has 0 aliphatic rings. The molecule has 0 fully saturated rings. The summed E-state index contributed by atoms with van der Waals surface area (Å²) in [4.78, 5) is 28.2. The first kappa shape index (κ1) is 16.2. The van der Waals surface area contributed by atoms with Gasteiger partial charge in [-0.15, -0.1) is 0 Å². The van der Waals surface area contributed by atoms with Gasteiger partial charge in [0.1, 0.15) is 12.2 Å². The third kappa shape index (κ3) is 4.18. The van der Waals surface area contributed by atoms with Crippen LogP contribution in [-0.4, -0.2) is 15.5 Å². The zero-order valence-corrected chi connectivity index (χ0v) is 13.3. The molecule has 0 bridgehead atoms. The van der Waals surface area contributed by atoms with Crippen LogP contribution >= 0.6 is 11.6 Å². The van der Waals surface area contributed by atoms with Gasteiger partial charge in [-0.2, -0.15) is 0 Å². The molecule has 0 radical (unpaired) electrons. The maximum absolute atomic E-state index is 12.2. The molecule has 0 atom stereocenters. The molecule has 1 aromatic carbocycles. The van der Waals surface area contributed by atoms with E-state index in [0.29, 0.717) is 17.3 Å². The van der Waals surface area contributed by atoms with Crippen LogP contribution in [0.5, 0.6) is 0 Å². The number of rotatable bonds is 5. The van der Waals surface area contributed by atoms with Crippen molar-refractivity contribution >= 4 is 17.5 Å². The summed E-state index contributed by atoms with van der Waals surface area (Å²) in [6.45, 7) is 4.14. The molecule has 0 saturated heterocycles. The van der Waals surface area contributed by atoms with Gasteiger partial charge in [0.2, 0.25) is 5.91 Å². The Kier molecular flexibility index (Phi) is 5.33. The maximum atomic E-state index is 12.2. The number of hydrogen-bond donors (Lipinski definition) is 1. The molecule has 1 heterocycles. The largest absolute Gasteiger partial charge is 0.350 e. The first-order chi connectivity index (χ1) is 10.5. The average molecular weight is 320 g/mol. The molecule has 116 valence electrons. The van der Waals surface area contributed by atoms with Crippen LogP contribution in [0.15, 0.2) is 41.5 Å². The normalized spacial score (nSPS) is 10.7. The standard InChI is InChI=1S/C16H18ClN3O2/c1-11(2)15-16(22)20(7-6-18-15)10-14(21)19-9-12-4-3-5-13(17)8-12/h3-8,11H,9-10H2,1-2H3,(H,19,21). The van der Waals surface area contributed by atoms with E-state index in [9.17, 15) is 9.59 Å². The summed E-state index contributed by atoms with van der Waals surface area (Å²) < 4.78 is 1.37. The summed E-state index contributed by atoms with van der Waals surface area (Å²) >= 11 is 5.89. The second-order valence-corrected chi connectivity index (χ2v) is 5.74. The minimum atomic E-state index is -0.233. The van der Waals surface area contributed by atoms with Crippen molar-refractivity contribution in [3.8, 4) is 0 Å². The fraction of sp³-hybridized carbons (Fsp3) is 0.312. The lowest BCUT2D eigenvalue weighted by molar-refractivity contribution is -0.121.